The van der Waals surface area contributed by atoms with Crippen LogP contribution in [0.5, 0.6) is 0 Å². The number of rotatable bonds is 7. The summed E-state index contributed by atoms with van der Waals surface area (Å²) in [4.78, 5) is 28.1. The number of hydrogen-bond donors (Lipinski definition) is 2. The molecule has 0 spiro atoms. The fraction of sp³-hybridized carbons (Fsp3) is 0.250. The van der Waals surface area contributed by atoms with Gasteiger partial charge in [0.1, 0.15) is 0 Å². The molecule has 6 heteroatoms. The van der Waals surface area contributed by atoms with E-state index < -0.39 is 11.8 Å². The number of nitrogens with one attached hydrogen (secondary N) is 2. The van der Waals surface area contributed by atoms with Crippen molar-refractivity contribution in [1.29, 1.82) is 0 Å². The van der Waals surface area contributed by atoms with E-state index in [9.17, 15) is 9.59 Å². The Kier molecular flexibility index (Phi) is 6.44. The first kappa shape index (κ1) is 20.2. The van der Waals surface area contributed by atoms with Crippen LogP contribution in [0.1, 0.15) is 22.0 Å². The fourth-order valence-electron chi connectivity index (χ4n) is 3.85. The smallest absolute Gasteiger partial charge is 0.309 e. The Labute approximate surface area is 180 Å². The van der Waals surface area contributed by atoms with Gasteiger partial charge in [-0.1, -0.05) is 54.6 Å². The molecule has 4 rings (SSSR count). The van der Waals surface area contributed by atoms with Gasteiger partial charge in [-0.2, -0.15) is 0 Å². The Balaban J connectivity index is 1.35. The molecular formula is C24H25N3O2S. The first-order valence-electron chi connectivity index (χ1n) is 10.2. The average Bonchev–Trinajstić information content (AvgIpc) is 3.45. The monoisotopic (exact) mass is 419 g/mol. The molecule has 2 amide bonds. The number of amides is 2. The van der Waals surface area contributed by atoms with Crippen molar-refractivity contribution in [2.75, 3.05) is 24.5 Å². The zero-order valence-corrected chi connectivity index (χ0v) is 17.5. The zero-order chi connectivity index (χ0) is 20.8. The lowest BCUT2D eigenvalue weighted by atomic mass is 10.1. The van der Waals surface area contributed by atoms with Crippen molar-refractivity contribution in [3.05, 3.63) is 88.1 Å². The molecule has 1 aromatic heterocycles. The third kappa shape index (κ3) is 4.71. The van der Waals surface area contributed by atoms with Gasteiger partial charge < -0.3 is 15.5 Å². The third-order valence-corrected chi connectivity index (χ3v) is 6.35. The van der Waals surface area contributed by atoms with Crippen molar-refractivity contribution in [2.24, 2.45) is 0 Å². The van der Waals surface area contributed by atoms with Gasteiger partial charge in [-0.3, -0.25) is 9.59 Å². The molecule has 0 saturated heterocycles. The van der Waals surface area contributed by atoms with Crippen molar-refractivity contribution in [2.45, 2.75) is 18.9 Å². The summed E-state index contributed by atoms with van der Waals surface area (Å²) in [7, 11) is 0. The lowest BCUT2D eigenvalue weighted by Crippen LogP contribution is -2.44. The predicted octanol–water partition coefficient (Wildman–Crippen LogP) is 3.33. The van der Waals surface area contributed by atoms with Crippen LogP contribution in [0.15, 0.2) is 72.1 Å². The number of thiophene rings is 1. The molecule has 0 fully saturated rings. The fourth-order valence-corrected chi connectivity index (χ4v) is 4.69. The summed E-state index contributed by atoms with van der Waals surface area (Å²) in [6.45, 7) is 1.73. The Morgan fingerprint density at radius 1 is 0.933 bits per heavy atom. The summed E-state index contributed by atoms with van der Waals surface area (Å²) in [6.07, 6.45) is 1.69. The van der Waals surface area contributed by atoms with Crippen LogP contribution in [0, 0.1) is 0 Å². The van der Waals surface area contributed by atoms with Crippen LogP contribution in [0.4, 0.5) is 5.69 Å². The van der Waals surface area contributed by atoms with E-state index in [2.05, 4.69) is 39.8 Å². The second-order valence-electron chi connectivity index (χ2n) is 7.30. The van der Waals surface area contributed by atoms with Crippen LogP contribution in [0.25, 0.3) is 0 Å². The number of carbonyl (C=O) groups excluding carboxylic acids is 2. The maximum atomic E-state index is 12.4. The number of para-hydroxylation sites is 1. The highest BCUT2D eigenvalue weighted by molar-refractivity contribution is 7.10. The van der Waals surface area contributed by atoms with Gasteiger partial charge in [0.05, 0.1) is 6.04 Å². The normalized spacial score (nSPS) is 13.5. The number of fused-ring (bicyclic) bond motifs is 1. The second-order valence-corrected chi connectivity index (χ2v) is 8.28. The largest absolute Gasteiger partial charge is 0.361 e. The van der Waals surface area contributed by atoms with Gasteiger partial charge in [-0.05, 0) is 41.5 Å². The van der Waals surface area contributed by atoms with Gasteiger partial charge in [-0.15, -0.1) is 11.3 Å². The summed E-state index contributed by atoms with van der Waals surface area (Å²) in [5.41, 5.74) is 3.66. The Morgan fingerprint density at radius 2 is 1.70 bits per heavy atom. The maximum absolute atomic E-state index is 12.4. The molecule has 0 saturated carbocycles. The molecule has 3 aromatic rings. The number of anilines is 1. The van der Waals surface area contributed by atoms with Crippen LogP contribution in [-0.4, -0.2) is 31.4 Å². The zero-order valence-electron chi connectivity index (χ0n) is 16.7. The first-order chi connectivity index (χ1) is 14.7. The molecule has 1 aliphatic heterocycles. The molecule has 1 aliphatic rings. The van der Waals surface area contributed by atoms with Gasteiger partial charge in [-0.25, -0.2) is 0 Å². The molecule has 2 heterocycles. The molecule has 154 valence electrons. The highest BCUT2D eigenvalue weighted by atomic mass is 32.1. The molecule has 5 nitrogen and oxygen atoms in total. The predicted molar refractivity (Wildman–Crippen MR) is 121 cm³/mol. The van der Waals surface area contributed by atoms with Crippen molar-refractivity contribution in [1.82, 2.24) is 10.6 Å². The van der Waals surface area contributed by atoms with Crippen molar-refractivity contribution in [3.63, 3.8) is 0 Å². The van der Waals surface area contributed by atoms with Gasteiger partial charge >= 0.3 is 11.8 Å². The van der Waals surface area contributed by atoms with E-state index in [0.717, 1.165) is 18.5 Å². The first-order valence-corrected chi connectivity index (χ1v) is 11.1. The number of benzene rings is 2. The number of carbonyl (C=O) groups is 2. The molecule has 0 unspecified atom stereocenters. The lowest BCUT2D eigenvalue weighted by Gasteiger charge is -2.30. The van der Waals surface area contributed by atoms with Gasteiger partial charge in [0, 0.05) is 30.2 Å². The summed E-state index contributed by atoms with van der Waals surface area (Å²) in [5, 5.41) is 7.60. The number of hydrogen-bond acceptors (Lipinski definition) is 4. The van der Waals surface area contributed by atoms with E-state index >= 15 is 0 Å². The Hall–Kier alpha value is -3.12. The Bertz CT molecular complexity index is 989. The topological polar surface area (TPSA) is 61.4 Å². The minimum absolute atomic E-state index is 0.00900. The molecule has 0 aliphatic carbocycles. The van der Waals surface area contributed by atoms with Crippen LogP contribution in [-0.2, 0) is 22.4 Å². The van der Waals surface area contributed by atoms with Gasteiger partial charge in [0.15, 0.2) is 0 Å². The Morgan fingerprint density at radius 3 is 2.50 bits per heavy atom. The molecule has 2 N–H and O–H groups in total. The van der Waals surface area contributed by atoms with Crippen LogP contribution in [0.2, 0.25) is 0 Å². The van der Waals surface area contributed by atoms with E-state index in [4.69, 9.17) is 0 Å². The van der Waals surface area contributed by atoms with E-state index in [1.807, 2.05) is 47.8 Å². The van der Waals surface area contributed by atoms with Gasteiger partial charge in [0.25, 0.3) is 0 Å². The highest BCUT2D eigenvalue weighted by Crippen LogP contribution is 2.36. The van der Waals surface area contributed by atoms with Crippen LogP contribution in [0.3, 0.4) is 0 Å². The highest BCUT2D eigenvalue weighted by Gasteiger charge is 2.28. The third-order valence-electron chi connectivity index (χ3n) is 5.38. The maximum Gasteiger partial charge on any atom is 0.309 e. The van der Waals surface area contributed by atoms with Gasteiger partial charge in [0.2, 0.25) is 0 Å². The molecule has 0 bridgehead atoms. The summed E-state index contributed by atoms with van der Waals surface area (Å²) in [5.74, 6) is -1.17. The van der Waals surface area contributed by atoms with Crippen molar-refractivity contribution >= 4 is 28.8 Å². The van der Waals surface area contributed by atoms with Crippen LogP contribution >= 0.6 is 11.3 Å². The molecular weight excluding hydrogens is 394 g/mol. The molecule has 1 atom stereocenters. The van der Waals surface area contributed by atoms with Crippen molar-refractivity contribution < 1.29 is 9.59 Å². The van der Waals surface area contributed by atoms with E-state index in [0.29, 0.717) is 19.5 Å². The van der Waals surface area contributed by atoms with E-state index in [1.165, 1.54) is 16.1 Å². The average molecular weight is 420 g/mol. The van der Waals surface area contributed by atoms with Crippen molar-refractivity contribution in [3.8, 4) is 0 Å². The quantitative estimate of drug-likeness (QED) is 0.578. The van der Waals surface area contributed by atoms with E-state index in [1.54, 1.807) is 11.3 Å². The SMILES string of the molecule is O=C(NCCc1ccccc1)C(=O)NC[C@H](c1cccs1)N1CCc2ccccc21. The minimum atomic E-state index is -0.586. The lowest BCUT2D eigenvalue weighted by molar-refractivity contribution is -0.139. The molecule has 2 aromatic carbocycles. The summed E-state index contributed by atoms with van der Waals surface area (Å²) < 4.78 is 0. The summed E-state index contributed by atoms with van der Waals surface area (Å²) >= 11 is 1.67. The van der Waals surface area contributed by atoms with Crippen LogP contribution < -0.4 is 15.5 Å². The summed E-state index contributed by atoms with van der Waals surface area (Å²) in [6, 6.07) is 22.4. The molecule has 30 heavy (non-hydrogen) atoms. The number of nitrogens with zero attached hydrogens (tertiary/aromatic N) is 1. The standard InChI is InChI=1S/C24H25N3O2S/c28-23(25-14-12-18-7-2-1-3-8-18)24(29)26-17-21(22-11-6-16-30-22)27-15-13-19-9-4-5-10-20(19)27/h1-11,16,21H,12-15,17H2,(H,25,28)(H,26,29)/t21-/m1/s1. The minimum Gasteiger partial charge on any atom is -0.361 e. The van der Waals surface area contributed by atoms with E-state index in [-0.39, 0.29) is 6.04 Å². The molecule has 0 radical (unpaired) electrons. The second kappa shape index (κ2) is 9.59.